The number of primary amides is 1. The van der Waals surface area contributed by atoms with E-state index in [-0.39, 0.29) is 0 Å². The van der Waals surface area contributed by atoms with E-state index in [4.69, 9.17) is 5.73 Å². The van der Waals surface area contributed by atoms with Crippen LogP contribution in [-0.2, 0) is 11.2 Å². The molecule has 2 rings (SSSR count). The van der Waals surface area contributed by atoms with Gasteiger partial charge in [-0.05, 0) is 0 Å². The molecule has 5 heteroatoms. The number of amides is 1. The van der Waals surface area contributed by atoms with Gasteiger partial charge in [-0.25, -0.2) is 15.0 Å². The van der Waals surface area contributed by atoms with Gasteiger partial charge in [0.25, 0.3) is 5.91 Å². The van der Waals surface area contributed by atoms with Crippen LogP contribution >= 0.6 is 0 Å². The predicted octanol–water partition coefficient (Wildman–Crippen LogP) is -0.410. The van der Waals surface area contributed by atoms with Crippen LogP contribution in [0.15, 0.2) is 17.5 Å². The summed E-state index contributed by atoms with van der Waals surface area (Å²) in [5.41, 5.74) is 6.26. The zero-order valence-corrected chi connectivity index (χ0v) is 6.19. The summed E-state index contributed by atoms with van der Waals surface area (Å²) in [7, 11) is 0. The average Bonchev–Trinajstić information content (AvgIpc) is 2.46. The van der Waals surface area contributed by atoms with Crippen molar-refractivity contribution in [2.45, 2.75) is 6.42 Å². The third-order valence-corrected chi connectivity index (χ3v) is 1.65. The number of hydrogen-bond acceptors (Lipinski definition) is 4. The van der Waals surface area contributed by atoms with Gasteiger partial charge in [0.15, 0.2) is 5.82 Å². The Balaban J connectivity index is 2.41. The summed E-state index contributed by atoms with van der Waals surface area (Å²) in [4.78, 5) is 22.4. The monoisotopic (exact) mass is 162 g/mol. The molecule has 0 fully saturated rings. The smallest absolute Gasteiger partial charge is 0.263 e. The Morgan fingerprint density at radius 1 is 1.58 bits per heavy atom. The Kier molecular flexibility index (Phi) is 1.36. The molecule has 5 nitrogen and oxygen atoms in total. The summed E-state index contributed by atoms with van der Waals surface area (Å²) in [6.45, 7) is 0. The van der Waals surface area contributed by atoms with Crippen LogP contribution in [0.5, 0.6) is 0 Å². The largest absolute Gasteiger partial charge is 0.365 e. The van der Waals surface area contributed by atoms with Gasteiger partial charge < -0.3 is 5.73 Å². The van der Waals surface area contributed by atoms with Crippen LogP contribution in [0.2, 0.25) is 0 Å². The van der Waals surface area contributed by atoms with Gasteiger partial charge in [0.2, 0.25) is 0 Å². The van der Waals surface area contributed by atoms with Gasteiger partial charge in [-0.1, -0.05) is 0 Å². The third kappa shape index (κ3) is 0.952. The Bertz CT molecular complexity index is 371. The quantitative estimate of drug-likeness (QED) is 0.609. The minimum atomic E-state index is -0.493. The molecular formula is C7H6N4O. The molecule has 1 aliphatic rings. The molecule has 0 atom stereocenters. The molecule has 1 aromatic heterocycles. The summed E-state index contributed by atoms with van der Waals surface area (Å²) < 4.78 is 0. The van der Waals surface area contributed by atoms with Gasteiger partial charge in [0.05, 0.1) is 0 Å². The molecule has 1 aromatic rings. The van der Waals surface area contributed by atoms with E-state index in [9.17, 15) is 4.79 Å². The number of nitrogens with two attached hydrogens (primary N) is 1. The van der Waals surface area contributed by atoms with Crippen molar-refractivity contribution in [3.63, 3.8) is 0 Å². The summed E-state index contributed by atoms with van der Waals surface area (Å²) >= 11 is 0. The Morgan fingerprint density at radius 2 is 2.42 bits per heavy atom. The van der Waals surface area contributed by atoms with E-state index >= 15 is 0 Å². The molecule has 2 N–H and O–H groups in total. The molecule has 0 aromatic carbocycles. The number of fused-ring (bicyclic) bond motifs is 1. The van der Waals surface area contributed by atoms with Gasteiger partial charge in [-0.15, -0.1) is 0 Å². The van der Waals surface area contributed by atoms with Gasteiger partial charge in [0.1, 0.15) is 12.0 Å². The van der Waals surface area contributed by atoms with Crippen LogP contribution < -0.4 is 5.73 Å². The molecule has 2 heterocycles. The second kappa shape index (κ2) is 2.37. The molecule has 0 spiro atoms. The fraction of sp³-hybridized carbons (Fsp3) is 0.143. The van der Waals surface area contributed by atoms with Crippen molar-refractivity contribution in [2.75, 3.05) is 0 Å². The zero-order chi connectivity index (χ0) is 8.55. The summed E-state index contributed by atoms with van der Waals surface area (Å²) in [5, 5.41) is 0. The van der Waals surface area contributed by atoms with Crippen LogP contribution in [-0.4, -0.2) is 21.6 Å². The van der Waals surface area contributed by atoms with E-state index in [1.807, 2.05) is 0 Å². The van der Waals surface area contributed by atoms with Gasteiger partial charge >= 0.3 is 0 Å². The highest BCUT2D eigenvalue weighted by Crippen LogP contribution is 2.21. The summed E-state index contributed by atoms with van der Waals surface area (Å²) in [6, 6.07) is 0. The highest BCUT2D eigenvalue weighted by molar-refractivity contribution is 6.40. The standard InChI is InChI=1S/C7H6N4O/c8-6(12)5-1-4-2-9-3-10-7(4)11-5/h2-3H,1H2,(H2,8,12). The van der Waals surface area contributed by atoms with E-state index < -0.39 is 5.91 Å². The maximum Gasteiger partial charge on any atom is 0.263 e. The number of carbonyl (C=O) groups is 1. The van der Waals surface area contributed by atoms with Crippen LogP contribution in [0, 0.1) is 0 Å². The maximum absolute atomic E-state index is 10.7. The zero-order valence-electron chi connectivity index (χ0n) is 6.19. The van der Waals surface area contributed by atoms with Crippen molar-refractivity contribution in [2.24, 2.45) is 10.7 Å². The first kappa shape index (κ1) is 6.90. The van der Waals surface area contributed by atoms with E-state index in [1.165, 1.54) is 6.33 Å². The van der Waals surface area contributed by atoms with Crippen LogP contribution in [0.3, 0.4) is 0 Å². The Morgan fingerprint density at radius 3 is 3.08 bits per heavy atom. The fourth-order valence-electron chi connectivity index (χ4n) is 1.07. The highest BCUT2D eigenvalue weighted by Gasteiger charge is 2.18. The first-order valence-corrected chi connectivity index (χ1v) is 3.43. The van der Waals surface area contributed by atoms with Crippen LogP contribution in [0.1, 0.15) is 5.56 Å². The predicted molar refractivity (Wildman–Crippen MR) is 42.0 cm³/mol. The van der Waals surface area contributed by atoms with Crippen LogP contribution in [0.4, 0.5) is 5.82 Å². The summed E-state index contributed by atoms with van der Waals surface area (Å²) in [6.07, 6.45) is 3.49. The van der Waals surface area contributed by atoms with Crippen molar-refractivity contribution < 1.29 is 4.79 Å². The lowest BCUT2D eigenvalue weighted by Crippen LogP contribution is -2.22. The molecule has 0 bridgehead atoms. The van der Waals surface area contributed by atoms with Crippen molar-refractivity contribution >= 4 is 17.4 Å². The molecule has 0 radical (unpaired) electrons. The maximum atomic E-state index is 10.7. The van der Waals surface area contributed by atoms with Gasteiger partial charge in [-0.2, -0.15) is 0 Å². The number of aromatic nitrogens is 2. The first-order valence-electron chi connectivity index (χ1n) is 3.43. The molecule has 60 valence electrons. The molecule has 0 aliphatic carbocycles. The third-order valence-electron chi connectivity index (χ3n) is 1.65. The van der Waals surface area contributed by atoms with E-state index in [0.29, 0.717) is 18.0 Å². The second-order valence-electron chi connectivity index (χ2n) is 2.47. The van der Waals surface area contributed by atoms with E-state index in [0.717, 1.165) is 5.56 Å². The minimum absolute atomic E-state index is 0.352. The lowest BCUT2D eigenvalue weighted by Gasteiger charge is -1.90. The Labute approximate surface area is 68.4 Å². The van der Waals surface area contributed by atoms with Crippen molar-refractivity contribution in [3.05, 3.63) is 18.1 Å². The highest BCUT2D eigenvalue weighted by atomic mass is 16.1. The molecular weight excluding hydrogens is 156 g/mol. The SMILES string of the molecule is NC(=O)C1=Nc2ncncc2C1. The van der Waals surface area contributed by atoms with Crippen molar-refractivity contribution in [1.29, 1.82) is 0 Å². The second-order valence-corrected chi connectivity index (χ2v) is 2.47. The Hall–Kier alpha value is -1.78. The first-order chi connectivity index (χ1) is 5.77. The molecule has 1 amide bonds. The molecule has 12 heavy (non-hydrogen) atoms. The summed E-state index contributed by atoms with van der Waals surface area (Å²) in [5.74, 6) is 0.0619. The molecule has 0 unspecified atom stereocenters. The number of carbonyl (C=O) groups excluding carboxylic acids is 1. The number of aliphatic imine (C=N–C) groups is 1. The van der Waals surface area contributed by atoms with E-state index in [1.54, 1.807) is 6.20 Å². The molecule has 1 aliphatic heterocycles. The minimum Gasteiger partial charge on any atom is -0.365 e. The van der Waals surface area contributed by atoms with Gasteiger partial charge in [-0.3, -0.25) is 4.79 Å². The lowest BCUT2D eigenvalue weighted by atomic mass is 10.2. The topological polar surface area (TPSA) is 81.2 Å². The normalized spacial score (nSPS) is 13.8. The number of nitrogens with zero attached hydrogens (tertiary/aromatic N) is 3. The van der Waals surface area contributed by atoms with E-state index in [2.05, 4.69) is 15.0 Å². The van der Waals surface area contributed by atoms with Crippen molar-refractivity contribution in [1.82, 2.24) is 9.97 Å². The van der Waals surface area contributed by atoms with Crippen LogP contribution in [0.25, 0.3) is 0 Å². The number of hydrogen-bond donors (Lipinski definition) is 1. The lowest BCUT2D eigenvalue weighted by molar-refractivity contribution is -0.112. The number of rotatable bonds is 1. The average molecular weight is 162 g/mol. The van der Waals surface area contributed by atoms with Crippen molar-refractivity contribution in [3.8, 4) is 0 Å². The fourth-order valence-corrected chi connectivity index (χ4v) is 1.07. The molecule has 0 saturated carbocycles. The van der Waals surface area contributed by atoms with Gasteiger partial charge in [0, 0.05) is 18.2 Å². The molecule has 0 saturated heterocycles.